The van der Waals surface area contributed by atoms with Gasteiger partial charge in [-0.05, 0) is 48.0 Å². The van der Waals surface area contributed by atoms with Gasteiger partial charge in [0.15, 0.2) is 5.82 Å². The summed E-state index contributed by atoms with van der Waals surface area (Å²) in [5, 5.41) is 25.1. The third-order valence-electron chi connectivity index (χ3n) is 4.86. The minimum atomic E-state index is -0.994. The van der Waals surface area contributed by atoms with Gasteiger partial charge in [0, 0.05) is 36.6 Å². The lowest BCUT2D eigenvalue weighted by Gasteiger charge is -2.09. The number of carboxylic acids is 1. The summed E-state index contributed by atoms with van der Waals surface area (Å²) in [4.78, 5) is 16.1. The molecule has 0 bridgehead atoms. The fourth-order valence-electron chi connectivity index (χ4n) is 3.29. The van der Waals surface area contributed by atoms with Crippen molar-refractivity contribution < 1.29 is 19.0 Å². The highest BCUT2D eigenvalue weighted by atomic mass is 19.1. The van der Waals surface area contributed by atoms with Crippen LogP contribution in [0.15, 0.2) is 42.7 Å². The molecular weight excluding hydrogens is 431 g/mol. The van der Waals surface area contributed by atoms with Gasteiger partial charge in [0.2, 0.25) is 5.82 Å². The van der Waals surface area contributed by atoms with Crippen LogP contribution in [0.5, 0.6) is 11.6 Å². The number of nitrogens with two attached hydrogens (primary N) is 1. The Balaban J connectivity index is 1.48. The number of hydrogen-bond acceptors (Lipinski definition) is 8. The van der Waals surface area contributed by atoms with Crippen LogP contribution >= 0.6 is 0 Å². The Morgan fingerprint density at radius 3 is 2.79 bits per heavy atom. The standard InChI is InChI=1S/C21H21FN8O3/c1-12-7-15(33-21-17(22)8-13(10-24-21)18-5-6-25-29(18)2)3-4-16(12)20-26-28-30(27-20)11-14(23)9-19(31)32/h3-8,10,14H,9,11,23H2,1-2H3,(H,31,32). The number of pyridine rings is 1. The van der Waals surface area contributed by atoms with Crippen molar-refractivity contribution in [2.24, 2.45) is 12.8 Å². The summed E-state index contributed by atoms with van der Waals surface area (Å²) in [5.74, 6) is -0.993. The molecule has 4 rings (SSSR count). The first-order valence-electron chi connectivity index (χ1n) is 9.98. The molecule has 0 fully saturated rings. The van der Waals surface area contributed by atoms with Crippen LogP contribution in [0.25, 0.3) is 22.6 Å². The predicted octanol–water partition coefficient (Wildman–Crippen LogP) is 2.18. The number of tetrazole rings is 1. The van der Waals surface area contributed by atoms with Gasteiger partial charge in [-0.25, -0.2) is 9.37 Å². The molecular formula is C21H21FN8O3. The molecule has 1 atom stereocenters. The van der Waals surface area contributed by atoms with E-state index in [0.717, 1.165) is 11.3 Å². The Hall–Kier alpha value is -4.19. The Morgan fingerprint density at radius 1 is 1.30 bits per heavy atom. The number of aliphatic carboxylic acids is 1. The van der Waals surface area contributed by atoms with E-state index in [0.29, 0.717) is 22.7 Å². The Morgan fingerprint density at radius 2 is 2.12 bits per heavy atom. The second-order valence-electron chi connectivity index (χ2n) is 7.46. The largest absolute Gasteiger partial charge is 0.481 e. The summed E-state index contributed by atoms with van der Waals surface area (Å²) < 4.78 is 21.9. The highest BCUT2D eigenvalue weighted by molar-refractivity contribution is 5.67. The molecule has 0 aliphatic rings. The number of benzene rings is 1. The zero-order valence-electron chi connectivity index (χ0n) is 17.9. The van der Waals surface area contributed by atoms with Gasteiger partial charge in [0.1, 0.15) is 5.75 Å². The second-order valence-corrected chi connectivity index (χ2v) is 7.46. The predicted molar refractivity (Wildman–Crippen MR) is 115 cm³/mol. The maximum Gasteiger partial charge on any atom is 0.304 e. The normalized spacial score (nSPS) is 12.0. The van der Waals surface area contributed by atoms with Crippen LogP contribution in [0.2, 0.25) is 0 Å². The molecule has 0 amide bonds. The molecule has 0 aliphatic heterocycles. The molecule has 0 saturated carbocycles. The van der Waals surface area contributed by atoms with Gasteiger partial charge in [0.05, 0.1) is 18.7 Å². The van der Waals surface area contributed by atoms with E-state index in [-0.39, 0.29) is 18.8 Å². The van der Waals surface area contributed by atoms with Gasteiger partial charge in [-0.15, -0.1) is 10.2 Å². The van der Waals surface area contributed by atoms with Crippen molar-refractivity contribution in [3.63, 3.8) is 0 Å². The van der Waals surface area contributed by atoms with Crippen molar-refractivity contribution in [2.75, 3.05) is 0 Å². The average Bonchev–Trinajstić information content (AvgIpc) is 3.38. The Bertz CT molecular complexity index is 1300. The molecule has 3 heterocycles. The molecule has 0 saturated heterocycles. The number of ether oxygens (including phenoxy) is 1. The summed E-state index contributed by atoms with van der Waals surface area (Å²) in [6, 6.07) is 7.57. The van der Waals surface area contributed by atoms with Crippen LogP contribution in [-0.2, 0) is 18.4 Å². The number of nitrogens with zero attached hydrogens (tertiary/aromatic N) is 7. The van der Waals surface area contributed by atoms with Gasteiger partial charge in [-0.3, -0.25) is 9.48 Å². The minimum absolute atomic E-state index is 0.124. The van der Waals surface area contributed by atoms with Crippen molar-refractivity contribution in [3.8, 4) is 34.3 Å². The molecule has 0 aliphatic carbocycles. The lowest BCUT2D eigenvalue weighted by molar-refractivity contribution is -0.137. The molecule has 12 heteroatoms. The summed E-state index contributed by atoms with van der Waals surface area (Å²) >= 11 is 0. The topological polar surface area (TPSA) is 147 Å². The molecule has 11 nitrogen and oxygen atoms in total. The van der Waals surface area contributed by atoms with Crippen LogP contribution in [0, 0.1) is 12.7 Å². The molecule has 1 aromatic carbocycles. The first kappa shape index (κ1) is 22.0. The fraction of sp³-hybridized carbons (Fsp3) is 0.238. The van der Waals surface area contributed by atoms with Crippen molar-refractivity contribution in [1.29, 1.82) is 0 Å². The fourth-order valence-corrected chi connectivity index (χ4v) is 3.29. The van der Waals surface area contributed by atoms with Gasteiger partial charge in [-0.1, -0.05) is 0 Å². The molecule has 3 aromatic heterocycles. The zero-order valence-corrected chi connectivity index (χ0v) is 17.9. The number of rotatable bonds is 8. The maximum absolute atomic E-state index is 14.6. The summed E-state index contributed by atoms with van der Waals surface area (Å²) in [6.07, 6.45) is 2.95. The van der Waals surface area contributed by atoms with Crippen LogP contribution in [0.1, 0.15) is 12.0 Å². The number of halogens is 1. The van der Waals surface area contributed by atoms with Gasteiger partial charge in [0.25, 0.3) is 5.88 Å². The summed E-state index contributed by atoms with van der Waals surface area (Å²) in [5.41, 5.74) is 8.55. The van der Waals surface area contributed by atoms with E-state index in [1.165, 1.54) is 17.1 Å². The Kier molecular flexibility index (Phi) is 6.09. The number of hydrogen-bond donors (Lipinski definition) is 2. The van der Waals surface area contributed by atoms with E-state index < -0.39 is 17.8 Å². The van der Waals surface area contributed by atoms with E-state index in [1.54, 1.807) is 42.2 Å². The number of aryl methyl sites for hydroxylation is 2. The van der Waals surface area contributed by atoms with E-state index >= 15 is 0 Å². The highest BCUT2D eigenvalue weighted by Crippen LogP contribution is 2.29. The average molecular weight is 452 g/mol. The number of aromatic nitrogens is 7. The third-order valence-corrected chi connectivity index (χ3v) is 4.86. The van der Waals surface area contributed by atoms with Crippen molar-refractivity contribution in [2.45, 2.75) is 25.9 Å². The molecule has 3 N–H and O–H groups in total. The quantitative estimate of drug-likeness (QED) is 0.410. The van der Waals surface area contributed by atoms with Gasteiger partial charge in [-0.2, -0.15) is 9.90 Å². The number of carbonyl (C=O) groups is 1. The van der Waals surface area contributed by atoms with Crippen LogP contribution < -0.4 is 10.5 Å². The van der Waals surface area contributed by atoms with E-state index in [4.69, 9.17) is 15.6 Å². The maximum atomic E-state index is 14.6. The van der Waals surface area contributed by atoms with Crippen molar-refractivity contribution >= 4 is 5.97 Å². The molecule has 1 unspecified atom stereocenters. The van der Waals surface area contributed by atoms with E-state index in [2.05, 4.69) is 25.5 Å². The minimum Gasteiger partial charge on any atom is -0.481 e. The van der Waals surface area contributed by atoms with Gasteiger partial charge < -0.3 is 15.6 Å². The first-order chi connectivity index (χ1) is 15.8. The highest BCUT2D eigenvalue weighted by Gasteiger charge is 2.15. The molecule has 0 radical (unpaired) electrons. The smallest absolute Gasteiger partial charge is 0.304 e. The lowest BCUT2D eigenvalue weighted by atomic mass is 10.1. The molecule has 4 aromatic rings. The van der Waals surface area contributed by atoms with Crippen molar-refractivity contribution in [1.82, 2.24) is 35.0 Å². The van der Waals surface area contributed by atoms with Crippen molar-refractivity contribution in [3.05, 3.63) is 54.1 Å². The SMILES string of the molecule is Cc1cc(Oc2ncc(-c3ccnn3C)cc2F)ccc1-c1nnn(CC(N)CC(=O)O)n1. The second kappa shape index (κ2) is 9.12. The van der Waals surface area contributed by atoms with E-state index in [9.17, 15) is 9.18 Å². The monoisotopic (exact) mass is 452 g/mol. The molecule has 33 heavy (non-hydrogen) atoms. The van der Waals surface area contributed by atoms with Crippen LogP contribution in [-0.4, -0.2) is 52.1 Å². The van der Waals surface area contributed by atoms with Crippen LogP contribution in [0.4, 0.5) is 4.39 Å². The zero-order chi connectivity index (χ0) is 23.5. The van der Waals surface area contributed by atoms with E-state index in [1.807, 2.05) is 6.92 Å². The molecule has 0 spiro atoms. The van der Waals surface area contributed by atoms with Gasteiger partial charge >= 0.3 is 5.97 Å². The summed E-state index contributed by atoms with van der Waals surface area (Å²) in [6.45, 7) is 1.95. The number of carboxylic acid groups (broad SMARTS) is 1. The third kappa shape index (κ3) is 5.01. The summed E-state index contributed by atoms with van der Waals surface area (Å²) in [7, 11) is 1.76. The van der Waals surface area contributed by atoms with Crippen LogP contribution in [0.3, 0.4) is 0 Å². The first-order valence-corrected chi connectivity index (χ1v) is 9.98. The molecule has 170 valence electrons. The Labute approximate surface area is 187 Å². The lowest BCUT2D eigenvalue weighted by Crippen LogP contribution is -2.30.